The number of methoxy groups -OCH3 is 1. The van der Waals surface area contributed by atoms with Crippen LogP contribution in [0.15, 0.2) is 42.6 Å². The molecular weight excluding hydrogens is 302 g/mol. The number of allylic oxidation sites excluding steroid dienone is 1. The lowest BCUT2D eigenvalue weighted by atomic mass is 9.87. The molecule has 2 aromatic rings. The van der Waals surface area contributed by atoms with Gasteiger partial charge in [0, 0.05) is 22.6 Å². The van der Waals surface area contributed by atoms with Crippen molar-refractivity contribution in [2.45, 2.75) is 26.2 Å². The van der Waals surface area contributed by atoms with Crippen LogP contribution in [-0.2, 0) is 11.2 Å². The summed E-state index contributed by atoms with van der Waals surface area (Å²) in [5.41, 5.74) is 2.45. The monoisotopic (exact) mass is 323 g/mol. The van der Waals surface area contributed by atoms with Crippen molar-refractivity contribution in [3.63, 3.8) is 0 Å². The van der Waals surface area contributed by atoms with E-state index in [1.54, 1.807) is 14.0 Å². The van der Waals surface area contributed by atoms with Crippen LogP contribution in [0, 0.1) is 5.92 Å². The lowest BCUT2D eigenvalue weighted by Crippen LogP contribution is -2.35. The quantitative estimate of drug-likeness (QED) is 0.874. The molecule has 2 aromatic carbocycles. The third-order valence-electron chi connectivity index (χ3n) is 4.62. The molecule has 3 rings (SSSR count). The molecule has 0 radical (unpaired) electrons. The second-order valence-electron chi connectivity index (χ2n) is 6.24. The highest BCUT2D eigenvalue weighted by atomic mass is 16.5. The minimum Gasteiger partial charge on any atom is -0.496 e. The average Bonchev–Trinajstić information content (AvgIpc) is 2.56. The van der Waals surface area contributed by atoms with Crippen molar-refractivity contribution in [1.29, 1.82) is 0 Å². The van der Waals surface area contributed by atoms with E-state index in [0.29, 0.717) is 12.0 Å². The molecule has 1 aliphatic rings. The fourth-order valence-electron chi connectivity index (χ4n) is 3.37. The van der Waals surface area contributed by atoms with E-state index in [2.05, 4.69) is 11.9 Å². The lowest BCUT2D eigenvalue weighted by Gasteiger charge is -2.24. The summed E-state index contributed by atoms with van der Waals surface area (Å²) in [6.07, 6.45) is 2.17. The van der Waals surface area contributed by atoms with Crippen LogP contribution < -0.4 is 10.1 Å². The smallest absolute Gasteiger partial charge is 0.227 e. The highest BCUT2D eigenvalue weighted by Gasteiger charge is 2.25. The zero-order chi connectivity index (χ0) is 17.3. The van der Waals surface area contributed by atoms with Crippen molar-refractivity contribution >= 4 is 22.5 Å². The number of hydrogen-bond donors (Lipinski definition) is 1. The van der Waals surface area contributed by atoms with Gasteiger partial charge in [0.15, 0.2) is 5.78 Å². The SMILES string of the molecule is C=C1CCC(Cc2ccc(OC)c3cccc(C(C)=O)c23)C(=O)N1. The van der Waals surface area contributed by atoms with E-state index in [-0.39, 0.29) is 17.6 Å². The van der Waals surface area contributed by atoms with Gasteiger partial charge in [-0.3, -0.25) is 9.59 Å². The van der Waals surface area contributed by atoms with Crippen LogP contribution >= 0.6 is 0 Å². The van der Waals surface area contributed by atoms with E-state index in [9.17, 15) is 9.59 Å². The van der Waals surface area contributed by atoms with Crippen molar-refractivity contribution in [2.75, 3.05) is 7.11 Å². The summed E-state index contributed by atoms with van der Waals surface area (Å²) in [4.78, 5) is 24.3. The van der Waals surface area contributed by atoms with E-state index in [0.717, 1.165) is 40.6 Å². The first-order chi connectivity index (χ1) is 11.5. The normalized spacial score (nSPS) is 17.7. The number of ketones is 1. The van der Waals surface area contributed by atoms with Crippen molar-refractivity contribution < 1.29 is 14.3 Å². The number of ether oxygens (including phenoxy) is 1. The molecule has 4 nitrogen and oxygen atoms in total. The molecule has 1 aliphatic heterocycles. The molecule has 0 saturated carbocycles. The minimum atomic E-state index is -0.105. The van der Waals surface area contributed by atoms with Crippen LogP contribution in [0.2, 0.25) is 0 Å². The van der Waals surface area contributed by atoms with Crippen LogP contribution in [-0.4, -0.2) is 18.8 Å². The summed E-state index contributed by atoms with van der Waals surface area (Å²) < 4.78 is 5.44. The standard InChI is InChI=1S/C20H21NO3/c1-12-7-8-15(20(23)21-12)11-14-9-10-18(24-3)17-6-4-5-16(13(2)22)19(14)17/h4-6,9-10,15H,1,7-8,11H2,2-3H3,(H,21,23). The van der Waals surface area contributed by atoms with Gasteiger partial charge >= 0.3 is 0 Å². The fraction of sp³-hybridized carbons (Fsp3) is 0.300. The molecule has 1 amide bonds. The third kappa shape index (κ3) is 2.92. The molecule has 0 aromatic heterocycles. The maximum Gasteiger partial charge on any atom is 0.227 e. The number of Topliss-reactive ketones (excluding diaryl/α,β-unsaturated/α-hetero) is 1. The second-order valence-corrected chi connectivity index (χ2v) is 6.24. The van der Waals surface area contributed by atoms with E-state index >= 15 is 0 Å². The number of fused-ring (bicyclic) bond motifs is 1. The molecule has 0 aliphatic carbocycles. The van der Waals surface area contributed by atoms with Crippen molar-refractivity contribution in [2.24, 2.45) is 5.92 Å². The van der Waals surface area contributed by atoms with Gasteiger partial charge in [0.05, 0.1) is 7.11 Å². The molecule has 0 bridgehead atoms. The Morgan fingerprint density at radius 1 is 1.33 bits per heavy atom. The summed E-state index contributed by atoms with van der Waals surface area (Å²) in [5, 5.41) is 4.63. The Kier molecular flexibility index (Phi) is 4.38. The fourth-order valence-corrected chi connectivity index (χ4v) is 3.37. The van der Waals surface area contributed by atoms with Gasteiger partial charge in [-0.05, 0) is 43.2 Å². The number of carbonyl (C=O) groups is 2. The molecule has 0 spiro atoms. The molecule has 1 heterocycles. The highest BCUT2D eigenvalue weighted by molar-refractivity contribution is 6.09. The summed E-state index contributed by atoms with van der Waals surface area (Å²) >= 11 is 0. The summed E-state index contributed by atoms with van der Waals surface area (Å²) in [7, 11) is 1.62. The number of piperidine rings is 1. The van der Waals surface area contributed by atoms with Crippen LogP contribution in [0.3, 0.4) is 0 Å². The molecule has 1 atom stereocenters. The maximum atomic E-state index is 12.2. The molecular formula is C20H21NO3. The summed E-state index contributed by atoms with van der Waals surface area (Å²) in [6, 6.07) is 9.51. The Bertz CT molecular complexity index is 838. The predicted molar refractivity (Wildman–Crippen MR) is 94.2 cm³/mol. The van der Waals surface area contributed by atoms with Gasteiger partial charge in [-0.15, -0.1) is 0 Å². The van der Waals surface area contributed by atoms with Crippen LogP contribution in [0.1, 0.15) is 35.7 Å². The van der Waals surface area contributed by atoms with Crippen molar-refractivity contribution in [3.8, 4) is 5.75 Å². The van der Waals surface area contributed by atoms with Crippen LogP contribution in [0.4, 0.5) is 0 Å². The molecule has 24 heavy (non-hydrogen) atoms. The molecule has 124 valence electrons. The van der Waals surface area contributed by atoms with E-state index in [1.807, 2.05) is 30.3 Å². The highest BCUT2D eigenvalue weighted by Crippen LogP contribution is 2.33. The van der Waals surface area contributed by atoms with Gasteiger partial charge in [-0.25, -0.2) is 0 Å². The first-order valence-corrected chi connectivity index (χ1v) is 8.09. The number of amides is 1. The Balaban J connectivity index is 2.09. The van der Waals surface area contributed by atoms with Gasteiger partial charge in [0.1, 0.15) is 5.75 Å². The maximum absolute atomic E-state index is 12.2. The zero-order valence-corrected chi connectivity index (χ0v) is 14.0. The zero-order valence-electron chi connectivity index (χ0n) is 14.0. The van der Waals surface area contributed by atoms with Gasteiger partial charge in [-0.1, -0.05) is 30.8 Å². The molecule has 1 N–H and O–H groups in total. The minimum absolute atomic E-state index is 0.00974. The van der Waals surface area contributed by atoms with Crippen LogP contribution in [0.5, 0.6) is 5.75 Å². The lowest BCUT2D eigenvalue weighted by molar-refractivity contribution is -0.125. The Morgan fingerprint density at radius 2 is 2.12 bits per heavy atom. The van der Waals surface area contributed by atoms with Crippen molar-refractivity contribution in [3.05, 3.63) is 53.7 Å². The number of nitrogens with one attached hydrogen (secondary N) is 1. The third-order valence-corrected chi connectivity index (χ3v) is 4.62. The number of rotatable bonds is 4. The van der Waals surface area contributed by atoms with E-state index in [4.69, 9.17) is 4.74 Å². The average molecular weight is 323 g/mol. The molecule has 1 unspecified atom stereocenters. The predicted octanol–water partition coefficient (Wildman–Crippen LogP) is 3.63. The Hall–Kier alpha value is -2.62. The van der Waals surface area contributed by atoms with Gasteiger partial charge < -0.3 is 10.1 Å². The Morgan fingerprint density at radius 3 is 2.79 bits per heavy atom. The first-order valence-electron chi connectivity index (χ1n) is 8.09. The Labute approximate surface area is 141 Å². The molecule has 4 heteroatoms. The largest absolute Gasteiger partial charge is 0.496 e. The van der Waals surface area contributed by atoms with Crippen molar-refractivity contribution in [1.82, 2.24) is 5.32 Å². The van der Waals surface area contributed by atoms with Crippen LogP contribution in [0.25, 0.3) is 10.8 Å². The molecule has 1 saturated heterocycles. The molecule has 1 fully saturated rings. The van der Waals surface area contributed by atoms with Gasteiger partial charge in [0.2, 0.25) is 5.91 Å². The second kappa shape index (κ2) is 6.48. The number of benzene rings is 2. The van der Waals surface area contributed by atoms with Gasteiger partial charge in [0.25, 0.3) is 0 Å². The van der Waals surface area contributed by atoms with E-state index < -0.39 is 0 Å². The summed E-state index contributed by atoms with van der Waals surface area (Å²) in [5.74, 6) is 0.650. The topological polar surface area (TPSA) is 55.4 Å². The van der Waals surface area contributed by atoms with Gasteiger partial charge in [-0.2, -0.15) is 0 Å². The summed E-state index contributed by atoms with van der Waals surface area (Å²) in [6.45, 7) is 5.39. The number of carbonyl (C=O) groups excluding carboxylic acids is 2. The number of hydrogen-bond acceptors (Lipinski definition) is 3. The van der Waals surface area contributed by atoms with E-state index in [1.165, 1.54) is 0 Å². The first kappa shape index (κ1) is 16.2.